The molecule has 116 valence electrons. The van der Waals surface area contributed by atoms with E-state index < -0.39 is 0 Å². The molecule has 0 unspecified atom stereocenters. The first kappa shape index (κ1) is 14.9. The van der Waals surface area contributed by atoms with Crippen LogP contribution in [0, 0.1) is 6.92 Å². The molecule has 2 heterocycles. The predicted octanol–water partition coefficient (Wildman–Crippen LogP) is 2.31. The van der Waals surface area contributed by atoms with Crippen LogP contribution >= 0.6 is 0 Å². The molecular weight excluding hydrogens is 292 g/mol. The van der Waals surface area contributed by atoms with E-state index in [0.29, 0.717) is 5.82 Å². The van der Waals surface area contributed by atoms with Crippen molar-refractivity contribution in [3.8, 4) is 5.75 Å². The number of nitrogens with zero attached hydrogens (tertiary/aromatic N) is 4. The fourth-order valence-corrected chi connectivity index (χ4v) is 2.39. The van der Waals surface area contributed by atoms with E-state index in [-0.39, 0.29) is 23.9 Å². The third-order valence-electron chi connectivity index (χ3n) is 3.55. The highest BCUT2D eigenvalue weighted by molar-refractivity contribution is 5.94. The van der Waals surface area contributed by atoms with Gasteiger partial charge >= 0.3 is 0 Å². The molecule has 0 bridgehead atoms. The number of aromatic hydroxyl groups is 1. The van der Waals surface area contributed by atoms with Crippen LogP contribution in [0.3, 0.4) is 0 Å². The van der Waals surface area contributed by atoms with Gasteiger partial charge in [0.25, 0.3) is 5.91 Å². The van der Waals surface area contributed by atoms with Crippen molar-refractivity contribution in [2.24, 2.45) is 0 Å². The highest BCUT2D eigenvalue weighted by Crippen LogP contribution is 2.17. The maximum atomic E-state index is 12.4. The summed E-state index contributed by atoms with van der Waals surface area (Å²) < 4.78 is 0. The number of amides is 1. The molecule has 2 aromatic heterocycles. The van der Waals surface area contributed by atoms with E-state index in [9.17, 15) is 9.90 Å². The maximum absolute atomic E-state index is 12.4. The molecule has 0 aliphatic heterocycles. The van der Waals surface area contributed by atoms with Gasteiger partial charge in [0, 0.05) is 24.3 Å². The summed E-state index contributed by atoms with van der Waals surface area (Å²) in [6.07, 6.45) is 1.47. The predicted molar refractivity (Wildman–Crippen MR) is 86.0 cm³/mol. The van der Waals surface area contributed by atoms with Crippen molar-refractivity contribution in [3.05, 3.63) is 59.8 Å². The first-order valence-corrected chi connectivity index (χ1v) is 7.18. The Hall–Kier alpha value is -3.02. The van der Waals surface area contributed by atoms with E-state index >= 15 is 0 Å². The third-order valence-corrected chi connectivity index (χ3v) is 3.55. The normalized spacial score (nSPS) is 10.7. The Bertz CT molecular complexity index is 879. The van der Waals surface area contributed by atoms with E-state index in [1.807, 2.05) is 31.2 Å². The molecule has 0 aliphatic rings. The summed E-state index contributed by atoms with van der Waals surface area (Å²) in [7, 11) is 1.63. The quantitative estimate of drug-likeness (QED) is 0.803. The van der Waals surface area contributed by atoms with E-state index in [4.69, 9.17) is 0 Å². The summed E-state index contributed by atoms with van der Waals surface area (Å²) in [5, 5.41) is 10.7. The van der Waals surface area contributed by atoms with Gasteiger partial charge in [-0.1, -0.05) is 18.2 Å². The molecule has 6 nitrogen and oxygen atoms in total. The first-order chi connectivity index (χ1) is 11.1. The molecule has 0 saturated heterocycles. The number of aromatic nitrogens is 3. The average Bonchev–Trinajstić information content (AvgIpc) is 2.54. The number of hydrogen-bond donors (Lipinski definition) is 1. The highest BCUT2D eigenvalue weighted by Gasteiger charge is 2.18. The number of carbonyl (C=O) groups is 1. The van der Waals surface area contributed by atoms with Crippen LogP contribution in [-0.2, 0) is 6.54 Å². The van der Waals surface area contributed by atoms with Crippen LogP contribution in [0.2, 0.25) is 0 Å². The molecular formula is C17H16N4O2. The maximum Gasteiger partial charge on any atom is 0.276 e. The van der Waals surface area contributed by atoms with Gasteiger partial charge in [-0.25, -0.2) is 15.0 Å². The van der Waals surface area contributed by atoms with Gasteiger partial charge in [0.05, 0.1) is 12.1 Å². The number of pyridine rings is 1. The molecule has 1 amide bonds. The monoisotopic (exact) mass is 308 g/mol. The van der Waals surface area contributed by atoms with E-state index in [1.54, 1.807) is 13.1 Å². The lowest BCUT2D eigenvalue weighted by Crippen LogP contribution is -2.28. The lowest BCUT2D eigenvalue weighted by Gasteiger charge is -2.16. The number of fused-ring (bicyclic) bond motifs is 1. The second-order valence-electron chi connectivity index (χ2n) is 5.27. The zero-order valence-electron chi connectivity index (χ0n) is 12.9. The van der Waals surface area contributed by atoms with Gasteiger partial charge in [-0.05, 0) is 25.1 Å². The smallest absolute Gasteiger partial charge is 0.276 e. The second kappa shape index (κ2) is 6.00. The van der Waals surface area contributed by atoms with Gasteiger partial charge in [-0.15, -0.1) is 0 Å². The Labute approximate surface area is 133 Å². The summed E-state index contributed by atoms with van der Waals surface area (Å²) in [5.74, 6) is 0.0324. The zero-order chi connectivity index (χ0) is 16.4. The lowest BCUT2D eigenvalue weighted by molar-refractivity contribution is 0.0772. The van der Waals surface area contributed by atoms with E-state index in [0.717, 1.165) is 16.6 Å². The Morgan fingerprint density at radius 3 is 2.74 bits per heavy atom. The minimum absolute atomic E-state index is 0.0208. The van der Waals surface area contributed by atoms with Crippen molar-refractivity contribution in [1.82, 2.24) is 19.9 Å². The third kappa shape index (κ3) is 2.96. The van der Waals surface area contributed by atoms with Crippen LogP contribution in [-0.4, -0.2) is 37.9 Å². The van der Waals surface area contributed by atoms with Crippen LogP contribution in [0.15, 0.2) is 42.6 Å². The number of para-hydroxylation sites is 1. The zero-order valence-corrected chi connectivity index (χ0v) is 12.9. The molecule has 3 aromatic rings. The number of benzene rings is 1. The first-order valence-electron chi connectivity index (χ1n) is 7.18. The van der Waals surface area contributed by atoms with Gasteiger partial charge < -0.3 is 10.0 Å². The highest BCUT2D eigenvalue weighted by atomic mass is 16.3. The van der Waals surface area contributed by atoms with Crippen LogP contribution in [0.4, 0.5) is 0 Å². The number of carbonyl (C=O) groups excluding carboxylic acids is 1. The number of aryl methyl sites for hydroxylation is 1. The van der Waals surface area contributed by atoms with E-state index in [2.05, 4.69) is 15.0 Å². The SMILES string of the molecule is Cc1nc(CN(C)C(=O)c2ncccc2O)nc2ccccc12. The summed E-state index contributed by atoms with van der Waals surface area (Å²) in [6, 6.07) is 10.7. The Kier molecular flexibility index (Phi) is 3.89. The Balaban J connectivity index is 1.87. The molecule has 6 heteroatoms. The molecule has 1 aromatic carbocycles. The molecule has 0 spiro atoms. The summed E-state index contributed by atoms with van der Waals surface area (Å²) >= 11 is 0. The molecule has 23 heavy (non-hydrogen) atoms. The largest absolute Gasteiger partial charge is 0.505 e. The molecule has 0 atom stereocenters. The van der Waals surface area contributed by atoms with Crippen molar-refractivity contribution in [3.63, 3.8) is 0 Å². The van der Waals surface area contributed by atoms with Gasteiger partial charge in [0.1, 0.15) is 11.6 Å². The van der Waals surface area contributed by atoms with Gasteiger partial charge in [-0.3, -0.25) is 4.79 Å². The van der Waals surface area contributed by atoms with Crippen LogP contribution in [0.5, 0.6) is 5.75 Å². The number of hydrogen-bond acceptors (Lipinski definition) is 5. The molecule has 1 N–H and O–H groups in total. The fraction of sp³-hybridized carbons (Fsp3) is 0.176. The standard InChI is InChI=1S/C17H16N4O2/c1-11-12-6-3-4-7-13(12)20-15(19-11)10-21(2)17(23)16-14(22)8-5-9-18-16/h3-9,22H,10H2,1-2H3. The van der Waals surface area contributed by atoms with Crippen LogP contribution in [0.1, 0.15) is 22.0 Å². The minimum atomic E-state index is -0.377. The lowest BCUT2D eigenvalue weighted by atomic mass is 10.2. The van der Waals surface area contributed by atoms with E-state index in [1.165, 1.54) is 17.2 Å². The minimum Gasteiger partial charge on any atom is -0.505 e. The molecule has 0 saturated carbocycles. The molecule has 0 fully saturated rings. The van der Waals surface area contributed by atoms with Crippen LogP contribution in [0.25, 0.3) is 10.9 Å². The fourth-order valence-electron chi connectivity index (χ4n) is 2.39. The van der Waals surface area contributed by atoms with Crippen molar-refractivity contribution in [2.75, 3.05) is 7.05 Å². The summed E-state index contributed by atoms with van der Waals surface area (Å²) in [5.41, 5.74) is 1.73. The Morgan fingerprint density at radius 2 is 1.96 bits per heavy atom. The second-order valence-corrected chi connectivity index (χ2v) is 5.27. The van der Waals surface area contributed by atoms with Crippen molar-refractivity contribution < 1.29 is 9.90 Å². The number of rotatable bonds is 3. The summed E-state index contributed by atoms with van der Waals surface area (Å²) in [6.45, 7) is 2.15. The molecule has 3 rings (SSSR count). The topological polar surface area (TPSA) is 79.2 Å². The van der Waals surface area contributed by atoms with Gasteiger partial charge in [0.15, 0.2) is 5.69 Å². The molecule has 0 aliphatic carbocycles. The van der Waals surface area contributed by atoms with Gasteiger partial charge in [0.2, 0.25) is 0 Å². The summed E-state index contributed by atoms with van der Waals surface area (Å²) in [4.78, 5) is 26.7. The average molecular weight is 308 g/mol. The van der Waals surface area contributed by atoms with Gasteiger partial charge in [-0.2, -0.15) is 0 Å². The molecule has 0 radical (unpaired) electrons. The van der Waals surface area contributed by atoms with Crippen molar-refractivity contribution >= 4 is 16.8 Å². The van der Waals surface area contributed by atoms with Crippen molar-refractivity contribution in [1.29, 1.82) is 0 Å². The van der Waals surface area contributed by atoms with Crippen LogP contribution < -0.4 is 0 Å². The van der Waals surface area contributed by atoms with Crippen molar-refractivity contribution in [2.45, 2.75) is 13.5 Å². The Morgan fingerprint density at radius 1 is 1.17 bits per heavy atom.